The number of benzene rings is 1. The fraction of sp³-hybridized carbons (Fsp3) is 0.333. The Morgan fingerprint density at radius 3 is 2.76 bits per heavy atom. The van der Waals surface area contributed by atoms with Gasteiger partial charge in [0.2, 0.25) is 0 Å². The van der Waals surface area contributed by atoms with E-state index < -0.39 is 0 Å². The summed E-state index contributed by atoms with van der Waals surface area (Å²) >= 11 is 5.33. The first-order valence-corrected chi connectivity index (χ1v) is 5.56. The van der Waals surface area contributed by atoms with Crippen LogP contribution in [0.2, 0.25) is 0 Å². The van der Waals surface area contributed by atoms with Crippen LogP contribution in [0, 0.1) is 6.92 Å². The summed E-state index contributed by atoms with van der Waals surface area (Å²) in [6.45, 7) is 5.83. The van der Waals surface area contributed by atoms with Crippen molar-refractivity contribution in [3.05, 3.63) is 34.9 Å². The Labute approximate surface area is 106 Å². The minimum absolute atomic E-state index is 0.248. The quantitative estimate of drug-likeness (QED) is 0.510. The number of hydrogen-bond acceptors (Lipinski definition) is 3. The van der Waals surface area contributed by atoms with Crippen LogP contribution < -0.4 is 4.84 Å². The van der Waals surface area contributed by atoms with E-state index in [0.717, 1.165) is 16.8 Å². The van der Waals surface area contributed by atoms with Gasteiger partial charge >= 0.3 is 0 Å². The molecule has 0 aliphatic carbocycles. The second-order valence-electron chi connectivity index (χ2n) is 3.84. The molecule has 0 unspecified atom stereocenters. The van der Waals surface area contributed by atoms with E-state index in [4.69, 9.17) is 16.6 Å². The van der Waals surface area contributed by atoms with Gasteiger partial charge in [0.05, 0.1) is 5.71 Å². The van der Waals surface area contributed by atoms with E-state index in [1.54, 1.807) is 12.1 Å². The number of halogens is 1. The molecule has 17 heavy (non-hydrogen) atoms. The normalized spacial score (nSPS) is 9.65. The molecule has 0 atom stereocenters. The topological polar surface area (TPSA) is 50.7 Å². The van der Waals surface area contributed by atoms with Gasteiger partial charge in [0.25, 0.3) is 5.91 Å². The minimum Gasteiger partial charge on any atom is -0.391 e. The van der Waals surface area contributed by atoms with Crippen molar-refractivity contribution in [3.63, 3.8) is 0 Å². The highest BCUT2D eigenvalue weighted by Gasteiger charge is 2.12. The Hall–Kier alpha value is -1.55. The predicted molar refractivity (Wildman–Crippen MR) is 68.1 cm³/mol. The second-order valence-corrected chi connectivity index (χ2v) is 4.03. The van der Waals surface area contributed by atoms with Gasteiger partial charge in [-0.25, -0.2) is 0 Å². The molecule has 0 aliphatic heterocycles. The molecule has 4 nitrogen and oxygen atoms in total. The van der Waals surface area contributed by atoms with Gasteiger partial charge < -0.3 is 4.84 Å². The second kappa shape index (κ2) is 6.25. The smallest absolute Gasteiger partial charge is 0.266 e. The number of nitrogens with one attached hydrogen (secondary N) is 1. The molecule has 1 rings (SSSR count). The van der Waals surface area contributed by atoms with E-state index in [9.17, 15) is 4.79 Å². The van der Waals surface area contributed by atoms with Crippen LogP contribution in [0.4, 0.5) is 0 Å². The van der Waals surface area contributed by atoms with Crippen LogP contribution in [0.1, 0.15) is 35.3 Å². The van der Waals surface area contributed by atoms with Crippen LogP contribution in [-0.2, 0) is 11.4 Å². The predicted octanol–water partition coefficient (Wildman–Crippen LogP) is 2.79. The molecule has 0 radical (unpaired) electrons. The summed E-state index contributed by atoms with van der Waals surface area (Å²) in [6.07, 6.45) is 0. The molecule has 0 heterocycles. The number of aryl methyl sites for hydroxylation is 1. The zero-order valence-electron chi connectivity index (χ0n) is 10.1. The third-order valence-electron chi connectivity index (χ3n) is 2.20. The van der Waals surface area contributed by atoms with Crippen molar-refractivity contribution in [3.8, 4) is 0 Å². The summed E-state index contributed by atoms with van der Waals surface area (Å²) in [7, 11) is 0. The Bertz CT molecular complexity index is 440. The molecule has 0 fully saturated rings. The summed E-state index contributed by atoms with van der Waals surface area (Å²) < 4.78 is 0. The van der Waals surface area contributed by atoms with Gasteiger partial charge in [-0.15, -0.1) is 0 Å². The fourth-order valence-electron chi connectivity index (χ4n) is 1.38. The lowest BCUT2D eigenvalue weighted by molar-refractivity contribution is 0.0970. The molecule has 1 N–H and O–H groups in total. The molecule has 0 saturated carbocycles. The Morgan fingerprint density at radius 2 is 2.18 bits per heavy atom. The first-order chi connectivity index (χ1) is 8.06. The zero-order valence-corrected chi connectivity index (χ0v) is 10.8. The molecular weight excluding hydrogens is 240 g/mol. The van der Waals surface area contributed by atoms with Crippen molar-refractivity contribution in [1.82, 2.24) is 4.84 Å². The first-order valence-electron chi connectivity index (χ1n) is 5.19. The van der Waals surface area contributed by atoms with E-state index in [0.29, 0.717) is 5.56 Å². The van der Waals surface area contributed by atoms with Gasteiger partial charge in [0.15, 0.2) is 0 Å². The first kappa shape index (κ1) is 13.5. The van der Waals surface area contributed by atoms with Gasteiger partial charge in [-0.05, 0) is 32.4 Å². The van der Waals surface area contributed by atoms with Crippen molar-refractivity contribution in [2.24, 2.45) is 5.16 Å². The van der Waals surface area contributed by atoms with Gasteiger partial charge in [0.1, 0.15) is 6.61 Å². The van der Waals surface area contributed by atoms with Gasteiger partial charge in [0, 0.05) is 22.9 Å². The summed E-state index contributed by atoms with van der Waals surface area (Å²) in [6, 6.07) is 5.41. The standard InChI is InChI=1S/C12H15ClN2O2/c1-8(2)15-17-7-11-9(3)5-4-6-10(11)12(16)14-13/h4-6H,7H2,1-3H3,(H,14,16). The van der Waals surface area contributed by atoms with Crippen LogP contribution in [0.3, 0.4) is 0 Å². The maximum atomic E-state index is 11.5. The third-order valence-corrected chi connectivity index (χ3v) is 2.37. The fourth-order valence-corrected chi connectivity index (χ4v) is 1.49. The van der Waals surface area contributed by atoms with E-state index in [1.165, 1.54) is 0 Å². The van der Waals surface area contributed by atoms with Crippen LogP contribution >= 0.6 is 11.8 Å². The molecule has 92 valence electrons. The molecule has 0 bridgehead atoms. The maximum Gasteiger partial charge on any atom is 0.266 e. The van der Waals surface area contributed by atoms with Crippen molar-refractivity contribution in [2.45, 2.75) is 27.4 Å². The van der Waals surface area contributed by atoms with Crippen molar-refractivity contribution in [2.75, 3.05) is 0 Å². The zero-order chi connectivity index (χ0) is 12.8. The van der Waals surface area contributed by atoms with Gasteiger partial charge in [-0.2, -0.15) is 0 Å². The average Bonchev–Trinajstić information content (AvgIpc) is 2.29. The van der Waals surface area contributed by atoms with Crippen LogP contribution in [0.15, 0.2) is 23.4 Å². The van der Waals surface area contributed by atoms with Crippen molar-refractivity contribution < 1.29 is 9.63 Å². The van der Waals surface area contributed by atoms with Crippen molar-refractivity contribution >= 4 is 23.4 Å². The minimum atomic E-state index is -0.342. The average molecular weight is 255 g/mol. The molecule has 5 heteroatoms. The third kappa shape index (κ3) is 3.75. The number of amides is 1. The number of hydrogen-bond donors (Lipinski definition) is 1. The number of carbonyl (C=O) groups is 1. The van der Waals surface area contributed by atoms with E-state index in [1.807, 2.05) is 26.8 Å². The highest BCUT2D eigenvalue weighted by atomic mass is 35.5. The molecule has 1 aromatic rings. The Morgan fingerprint density at radius 1 is 1.47 bits per heavy atom. The van der Waals surface area contributed by atoms with E-state index >= 15 is 0 Å². The number of oxime groups is 1. The molecule has 0 aliphatic rings. The Balaban J connectivity index is 2.96. The monoisotopic (exact) mass is 254 g/mol. The SMILES string of the molecule is CC(C)=NOCc1c(C)cccc1C(=O)NCl. The molecule has 1 amide bonds. The van der Waals surface area contributed by atoms with Gasteiger partial charge in [-0.3, -0.25) is 9.63 Å². The summed E-state index contributed by atoms with van der Waals surface area (Å²) in [5.41, 5.74) is 3.08. The number of nitrogens with zero attached hydrogens (tertiary/aromatic N) is 1. The highest BCUT2D eigenvalue weighted by Crippen LogP contribution is 2.16. The Kier molecular flexibility index (Phi) is 4.97. The van der Waals surface area contributed by atoms with Crippen LogP contribution in [0.25, 0.3) is 0 Å². The molecule has 0 aromatic heterocycles. The molecule has 0 saturated heterocycles. The summed E-state index contributed by atoms with van der Waals surface area (Å²) in [5.74, 6) is -0.342. The highest BCUT2D eigenvalue weighted by molar-refractivity contribution is 6.24. The van der Waals surface area contributed by atoms with Crippen molar-refractivity contribution in [1.29, 1.82) is 0 Å². The summed E-state index contributed by atoms with van der Waals surface area (Å²) in [5, 5.41) is 3.84. The lowest BCUT2D eigenvalue weighted by atomic mass is 10.0. The molecular formula is C12H15ClN2O2. The largest absolute Gasteiger partial charge is 0.391 e. The number of carbonyl (C=O) groups excluding carboxylic acids is 1. The van der Waals surface area contributed by atoms with Crippen LogP contribution in [-0.4, -0.2) is 11.6 Å². The van der Waals surface area contributed by atoms with Crippen LogP contribution in [0.5, 0.6) is 0 Å². The number of rotatable bonds is 4. The lowest BCUT2D eigenvalue weighted by Gasteiger charge is -2.09. The molecule has 0 spiro atoms. The van der Waals surface area contributed by atoms with E-state index in [-0.39, 0.29) is 12.5 Å². The van der Waals surface area contributed by atoms with E-state index in [2.05, 4.69) is 9.99 Å². The maximum absolute atomic E-state index is 11.5. The summed E-state index contributed by atoms with van der Waals surface area (Å²) in [4.78, 5) is 18.8. The lowest BCUT2D eigenvalue weighted by Crippen LogP contribution is -2.15. The molecule has 1 aromatic carbocycles. The van der Waals surface area contributed by atoms with Gasteiger partial charge in [-0.1, -0.05) is 17.3 Å².